The van der Waals surface area contributed by atoms with Gasteiger partial charge < -0.3 is 14.1 Å². The van der Waals surface area contributed by atoms with Crippen molar-refractivity contribution in [3.05, 3.63) is 4.91 Å². The molecule has 1 unspecified atom stereocenters. The van der Waals surface area contributed by atoms with Crippen LogP contribution in [0.5, 0.6) is 0 Å². The maximum absolute atomic E-state index is 9.74. The van der Waals surface area contributed by atoms with E-state index in [0.717, 1.165) is 62.6 Å². The van der Waals surface area contributed by atoms with Gasteiger partial charge in [0.05, 0.1) is 40.3 Å². The lowest BCUT2D eigenvalue weighted by Gasteiger charge is -2.27. The molecule has 0 aromatic rings. The zero-order valence-corrected chi connectivity index (χ0v) is 54.5. The average Bonchev–Trinajstić information content (AvgIpc) is 3.37. The van der Waals surface area contributed by atoms with E-state index < -0.39 is 0 Å². The van der Waals surface area contributed by atoms with Gasteiger partial charge in [-0.25, -0.2) is 5.48 Å². The first-order valence-electron chi connectivity index (χ1n) is 30.8. The van der Waals surface area contributed by atoms with Crippen molar-refractivity contribution < 1.29 is 14.1 Å². The van der Waals surface area contributed by atoms with Crippen molar-refractivity contribution in [3.8, 4) is 0 Å². The fourth-order valence-corrected chi connectivity index (χ4v) is 4.65. The van der Waals surface area contributed by atoms with Crippen LogP contribution in [0.15, 0.2) is 5.18 Å². The van der Waals surface area contributed by atoms with Crippen LogP contribution in [-0.2, 0) is 9.57 Å². The molecule has 6 heteroatoms. The van der Waals surface area contributed by atoms with Crippen molar-refractivity contribution >= 4 is 0 Å². The van der Waals surface area contributed by atoms with Gasteiger partial charge in [0.25, 0.3) is 0 Å². The quantitative estimate of drug-likeness (QED) is 0.0337. The minimum absolute atomic E-state index is 0.476. The number of unbranched alkanes of at least 4 members (excludes halogenated alkanes) is 12. The monoisotopic (exact) mass is 987 g/mol. The number of hydroxylamine groups is 1. The molecular weight excluding hydrogens is 835 g/mol. The molecule has 0 aromatic carbocycles. The third kappa shape index (κ3) is 205. The van der Waals surface area contributed by atoms with Crippen LogP contribution in [-0.4, -0.2) is 65.1 Å². The van der Waals surface area contributed by atoms with Crippen LogP contribution in [0.1, 0.15) is 346 Å². The molecule has 0 radical (unpaired) electrons. The zero-order valence-electron chi connectivity index (χ0n) is 54.5. The third-order valence-corrected chi connectivity index (χ3v) is 8.90. The maximum Gasteiger partial charge on any atom is 0.0813 e. The summed E-state index contributed by atoms with van der Waals surface area (Å²) in [5.41, 5.74) is 2.57. The van der Waals surface area contributed by atoms with Gasteiger partial charge in [0, 0.05) is 20.3 Å². The molecule has 0 aliphatic rings. The highest BCUT2D eigenvalue weighted by Crippen LogP contribution is 2.20. The van der Waals surface area contributed by atoms with Crippen molar-refractivity contribution in [2.24, 2.45) is 11.1 Å². The zero-order chi connectivity index (χ0) is 56.2. The molecule has 0 rings (SSSR count). The lowest BCUT2D eigenvalue weighted by molar-refractivity contribution is -0.888. The van der Waals surface area contributed by atoms with Gasteiger partial charge in [-0.1, -0.05) is 306 Å². The molecule has 432 valence electrons. The summed E-state index contributed by atoms with van der Waals surface area (Å²) >= 11 is 0. The first-order valence-corrected chi connectivity index (χ1v) is 30.8. The van der Waals surface area contributed by atoms with E-state index in [0.29, 0.717) is 6.54 Å². The van der Waals surface area contributed by atoms with Crippen molar-refractivity contribution in [3.63, 3.8) is 0 Å². The summed E-state index contributed by atoms with van der Waals surface area (Å²) in [6.45, 7) is 58.8. The van der Waals surface area contributed by atoms with E-state index in [4.69, 9.17) is 9.57 Å². The Bertz CT molecular complexity index is 535. The van der Waals surface area contributed by atoms with Crippen LogP contribution in [0.2, 0.25) is 0 Å². The standard InChI is InChI=1S/C16H34O.C8H19N2O.C6H14.2C5H12.C4H11NO.C4H10.2C3H8.4C2H6/c1-4-7-9-14-17-15-10-13-16(11-6-3)12-8-5-2;1-4-10(2,3)8-6-5-7-9-11;1-3-5-6-4-2;2*1-3-5-4-2;1-3-4-6-5-2;1-3-4-2;2*1-3-2;4*1-2/h16H,4-15H2,1-3H3;4-8H2,1-3H3;3-6H2,1-2H3;2*3-5H2,1-2H3;5H,3-4H2,1-2H3;3-4H2,1-2H3;2*3H2,1-2H3;4*1-2H3/q;+1;;;;;;;;;;;. The summed E-state index contributed by atoms with van der Waals surface area (Å²) in [6, 6.07) is 0. The van der Waals surface area contributed by atoms with Gasteiger partial charge >= 0.3 is 0 Å². The van der Waals surface area contributed by atoms with E-state index >= 15 is 0 Å². The highest BCUT2D eigenvalue weighted by atomic mass is 16.6. The lowest BCUT2D eigenvalue weighted by Crippen LogP contribution is -2.39. The molecule has 0 saturated carbocycles. The molecule has 1 N–H and O–H groups in total. The highest BCUT2D eigenvalue weighted by molar-refractivity contribution is 4.59. The van der Waals surface area contributed by atoms with E-state index in [1.807, 2.05) is 55.4 Å². The smallest absolute Gasteiger partial charge is 0.0813 e. The van der Waals surface area contributed by atoms with E-state index in [-0.39, 0.29) is 0 Å². The maximum atomic E-state index is 9.74. The summed E-state index contributed by atoms with van der Waals surface area (Å²) in [7, 11) is 6.17. The second-order valence-corrected chi connectivity index (χ2v) is 16.7. The van der Waals surface area contributed by atoms with Crippen LogP contribution in [0.4, 0.5) is 0 Å². The SMILES string of the molecule is CC.CC.CC.CC.CCC.CCC.CCCC.CCCCC.CCCCC.CCCCCC.CCCCCOCCCC(CCC)CCCC.CCCONC.CC[N+](C)(C)CCCCN=O. The second-order valence-electron chi connectivity index (χ2n) is 16.7. The van der Waals surface area contributed by atoms with Crippen molar-refractivity contribution in [2.75, 3.05) is 60.6 Å². The Balaban J connectivity index is -0.0000000473. The number of nitrogens with one attached hydrogen (secondary N) is 1. The fourth-order valence-electron chi connectivity index (χ4n) is 4.65. The summed E-state index contributed by atoms with van der Waals surface area (Å²) < 4.78 is 6.71. The molecule has 0 fully saturated rings. The number of hydrogen-bond donors (Lipinski definition) is 1. The molecule has 0 bridgehead atoms. The minimum atomic E-state index is 0.476. The van der Waals surface area contributed by atoms with Crippen LogP contribution < -0.4 is 5.48 Å². The minimum Gasteiger partial charge on any atom is -0.381 e. The van der Waals surface area contributed by atoms with E-state index in [2.05, 4.69) is 142 Å². The molecule has 0 amide bonds. The van der Waals surface area contributed by atoms with Gasteiger partial charge in [-0.2, -0.15) is 4.91 Å². The normalized spacial score (nSPS) is 9.24. The Morgan fingerprint density at radius 3 is 1.01 bits per heavy atom. The van der Waals surface area contributed by atoms with Gasteiger partial charge in [-0.15, -0.1) is 0 Å². The molecule has 6 nitrogen and oxygen atoms in total. The molecule has 0 aliphatic carbocycles. The van der Waals surface area contributed by atoms with Gasteiger partial charge in [0.15, 0.2) is 0 Å². The topological polar surface area (TPSA) is 59.9 Å². The predicted molar refractivity (Wildman–Crippen MR) is 328 cm³/mol. The molecule has 1 atom stereocenters. The molecule has 0 aliphatic heterocycles. The van der Waals surface area contributed by atoms with Crippen LogP contribution in [0, 0.1) is 10.8 Å². The summed E-state index contributed by atoms with van der Waals surface area (Å²) in [5.74, 6) is 0.958. The molecule has 0 aromatic heterocycles. The van der Waals surface area contributed by atoms with E-state index in [1.54, 1.807) is 7.05 Å². The van der Waals surface area contributed by atoms with Crippen molar-refractivity contribution in [1.82, 2.24) is 5.48 Å². The highest BCUT2D eigenvalue weighted by Gasteiger charge is 2.10. The number of nitrogens with zero attached hydrogens (tertiary/aromatic N) is 2. The average molecular weight is 988 g/mol. The van der Waals surface area contributed by atoms with Crippen LogP contribution in [0.25, 0.3) is 0 Å². The number of ether oxygens (including phenoxy) is 1. The number of quaternary nitrogens is 1. The summed E-state index contributed by atoms with van der Waals surface area (Å²) in [4.78, 5) is 14.5. The van der Waals surface area contributed by atoms with Gasteiger partial charge in [0.1, 0.15) is 0 Å². The number of rotatable bonds is 30. The van der Waals surface area contributed by atoms with E-state index in [1.165, 1.54) is 154 Å². The van der Waals surface area contributed by atoms with Crippen molar-refractivity contribution in [1.29, 1.82) is 0 Å². The second kappa shape index (κ2) is 138. The lowest BCUT2D eigenvalue weighted by atomic mass is 9.93. The third-order valence-electron chi connectivity index (χ3n) is 8.90. The van der Waals surface area contributed by atoms with Crippen molar-refractivity contribution in [2.45, 2.75) is 346 Å². The van der Waals surface area contributed by atoms with Gasteiger partial charge in [-0.3, -0.25) is 0 Å². The van der Waals surface area contributed by atoms with Crippen LogP contribution >= 0.6 is 0 Å². The van der Waals surface area contributed by atoms with Gasteiger partial charge in [0.2, 0.25) is 0 Å². The molecule has 68 heavy (non-hydrogen) atoms. The Morgan fingerprint density at radius 1 is 0.397 bits per heavy atom. The molecule has 0 heterocycles. The number of nitroso groups, excluding NO2 is 1. The van der Waals surface area contributed by atoms with Gasteiger partial charge in [-0.05, 0) is 51.4 Å². The Kier molecular flexibility index (Phi) is 204. The van der Waals surface area contributed by atoms with Crippen LogP contribution in [0.3, 0.4) is 0 Å². The Morgan fingerprint density at radius 2 is 0.750 bits per heavy atom. The molecule has 0 spiro atoms. The Labute approximate surface area is 440 Å². The summed E-state index contributed by atoms with van der Waals surface area (Å²) in [6.07, 6.45) is 35.4. The predicted octanol–water partition coefficient (Wildman–Crippen LogP) is 23.5. The number of hydrogen-bond acceptors (Lipinski definition) is 5. The largest absolute Gasteiger partial charge is 0.381 e. The van der Waals surface area contributed by atoms with E-state index in [9.17, 15) is 4.91 Å². The first-order chi connectivity index (χ1) is 32.9. The first kappa shape index (κ1) is 100. The fraction of sp³-hybridized carbons (Fsp3) is 1.00. The molecule has 0 saturated heterocycles. The molecular formula is C62H152N3O3+. The Hall–Kier alpha value is -0.560. The summed E-state index contributed by atoms with van der Waals surface area (Å²) in [5, 5.41) is 2.82.